The van der Waals surface area contributed by atoms with Crippen molar-refractivity contribution >= 4 is 5.91 Å². The summed E-state index contributed by atoms with van der Waals surface area (Å²) < 4.78 is 0. The van der Waals surface area contributed by atoms with Crippen LogP contribution in [0.1, 0.15) is 59.3 Å². The lowest BCUT2D eigenvalue weighted by Crippen LogP contribution is -2.56. The molecular formula is C16H33N3O. The van der Waals surface area contributed by atoms with Crippen LogP contribution in [0.15, 0.2) is 0 Å². The molecule has 0 aromatic heterocycles. The lowest BCUT2D eigenvalue weighted by atomic mass is 9.90. The quantitative estimate of drug-likeness (QED) is 0.743. The van der Waals surface area contributed by atoms with E-state index in [0.717, 1.165) is 51.7 Å². The Hall–Kier alpha value is -0.610. The zero-order chi connectivity index (χ0) is 15.0. The molecule has 0 atom stereocenters. The number of hydrogen-bond donors (Lipinski definition) is 1. The molecule has 1 aliphatic heterocycles. The molecule has 1 fully saturated rings. The molecular weight excluding hydrogens is 250 g/mol. The first-order chi connectivity index (χ1) is 9.63. The van der Waals surface area contributed by atoms with E-state index in [9.17, 15) is 4.79 Å². The van der Waals surface area contributed by atoms with Crippen LogP contribution in [0, 0.1) is 0 Å². The van der Waals surface area contributed by atoms with E-state index < -0.39 is 0 Å². The van der Waals surface area contributed by atoms with E-state index in [1.807, 2.05) is 4.90 Å². The van der Waals surface area contributed by atoms with Crippen molar-refractivity contribution in [3.8, 4) is 0 Å². The van der Waals surface area contributed by atoms with Crippen LogP contribution in [0.2, 0.25) is 0 Å². The molecule has 4 heteroatoms. The smallest absolute Gasteiger partial charge is 0.236 e. The molecule has 0 spiro atoms. The first-order valence-corrected chi connectivity index (χ1v) is 8.36. The molecule has 4 nitrogen and oxygen atoms in total. The Morgan fingerprint density at radius 2 is 1.75 bits per heavy atom. The van der Waals surface area contributed by atoms with Crippen molar-refractivity contribution in [3.05, 3.63) is 0 Å². The number of rotatable bonds is 8. The summed E-state index contributed by atoms with van der Waals surface area (Å²) in [7, 11) is 0. The monoisotopic (exact) mass is 283 g/mol. The van der Waals surface area contributed by atoms with Gasteiger partial charge in [0.15, 0.2) is 0 Å². The van der Waals surface area contributed by atoms with Gasteiger partial charge in [0.25, 0.3) is 0 Å². The summed E-state index contributed by atoms with van der Waals surface area (Å²) in [5.41, 5.74) is 6.04. The Kier molecular flexibility index (Phi) is 7.52. The van der Waals surface area contributed by atoms with Gasteiger partial charge in [0.1, 0.15) is 0 Å². The van der Waals surface area contributed by atoms with Crippen LogP contribution in [-0.4, -0.2) is 54.0 Å². The second kappa shape index (κ2) is 8.63. The highest BCUT2D eigenvalue weighted by atomic mass is 16.2. The van der Waals surface area contributed by atoms with Crippen LogP contribution in [0.25, 0.3) is 0 Å². The van der Waals surface area contributed by atoms with Gasteiger partial charge < -0.3 is 10.6 Å². The van der Waals surface area contributed by atoms with Gasteiger partial charge in [-0.2, -0.15) is 0 Å². The highest BCUT2D eigenvalue weighted by Gasteiger charge is 2.33. The van der Waals surface area contributed by atoms with Gasteiger partial charge in [-0.15, -0.1) is 0 Å². The molecule has 0 aliphatic carbocycles. The van der Waals surface area contributed by atoms with Crippen molar-refractivity contribution in [2.24, 2.45) is 5.73 Å². The fourth-order valence-electron chi connectivity index (χ4n) is 3.28. The van der Waals surface area contributed by atoms with Gasteiger partial charge in [0, 0.05) is 25.2 Å². The molecule has 0 saturated carbocycles. The van der Waals surface area contributed by atoms with E-state index in [4.69, 9.17) is 5.73 Å². The van der Waals surface area contributed by atoms with Gasteiger partial charge in [-0.05, 0) is 45.1 Å². The lowest BCUT2D eigenvalue weighted by Gasteiger charge is -2.43. The molecule has 1 amide bonds. The molecule has 0 unspecified atom stereocenters. The summed E-state index contributed by atoms with van der Waals surface area (Å²) in [5.74, 6) is 0.290. The Bertz CT molecular complexity index is 275. The predicted octanol–water partition coefficient (Wildman–Crippen LogP) is 2.23. The van der Waals surface area contributed by atoms with Crippen LogP contribution in [0.3, 0.4) is 0 Å². The molecule has 0 bridgehead atoms. The van der Waals surface area contributed by atoms with Gasteiger partial charge in [-0.25, -0.2) is 0 Å². The van der Waals surface area contributed by atoms with E-state index in [2.05, 4.69) is 25.7 Å². The van der Waals surface area contributed by atoms with Gasteiger partial charge in [0.2, 0.25) is 5.91 Å². The number of amides is 1. The molecule has 0 aromatic carbocycles. The lowest BCUT2D eigenvalue weighted by molar-refractivity contribution is -0.135. The summed E-state index contributed by atoms with van der Waals surface area (Å²) in [6.07, 6.45) is 6.65. The maximum absolute atomic E-state index is 12.5. The molecule has 1 rings (SSSR count). The summed E-state index contributed by atoms with van der Waals surface area (Å²) in [6, 6.07) is 0. The van der Waals surface area contributed by atoms with Crippen molar-refractivity contribution in [1.29, 1.82) is 0 Å². The molecule has 2 N–H and O–H groups in total. The van der Waals surface area contributed by atoms with Crippen LogP contribution < -0.4 is 5.73 Å². The number of likely N-dealkylation sites (tertiary alicyclic amines) is 1. The van der Waals surface area contributed by atoms with E-state index >= 15 is 0 Å². The molecule has 0 aromatic rings. The zero-order valence-corrected chi connectivity index (χ0v) is 13.7. The maximum atomic E-state index is 12.5. The fraction of sp³-hybridized carbons (Fsp3) is 0.938. The normalized spacial score (nSPS) is 16.8. The molecule has 20 heavy (non-hydrogen) atoms. The number of carbonyl (C=O) groups excluding carboxylic acids is 1. The van der Waals surface area contributed by atoms with E-state index in [-0.39, 0.29) is 11.4 Å². The molecule has 1 aliphatic rings. The Labute approximate surface area is 124 Å². The number of nitrogens with two attached hydrogens (primary N) is 1. The number of carbonyl (C=O) groups is 1. The van der Waals surface area contributed by atoms with Gasteiger partial charge >= 0.3 is 0 Å². The van der Waals surface area contributed by atoms with Gasteiger partial charge in [-0.3, -0.25) is 9.69 Å². The summed E-state index contributed by atoms with van der Waals surface area (Å²) in [5, 5.41) is 0. The SMILES string of the molecule is CCCN(CC(=O)N1CCCCC1)C(CC)(CC)CN. The Balaban J connectivity index is 2.72. The van der Waals surface area contributed by atoms with E-state index in [1.54, 1.807) is 0 Å². The number of piperidine rings is 1. The molecule has 118 valence electrons. The number of nitrogens with zero attached hydrogens (tertiary/aromatic N) is 2. The van der Waals surface area contributed by atoms with Crippen LogP contribution in [0.4, 0.5) is 0 Å². The second-order valence-electron chi connectivity index (χ2n) is 6.00. The van der Waals surface area contributed by atoms with Gasteiger partial charge in [0.05, 0.1) is 6.54 Å². The zero-order valence-electron chi connectivity index (χ0n) is 13.7. The topological polar surface area (TPSA) is 49.6 Å². The summed E-state index contributed by atoms with van der Waals surface area (Å²) >= 11 is 0. The third kappa shape index (κ3) is 4.19. The van der Waals surface area contributed by atoms with E-state index in [0.29, 0.717) is 13.1 Å². The van der Waals surface area contributed by atoms with Crippen molar-refractivity contribution < 1.29 is 4.79 Å². The average molecular weight is 283 g/mol. The molecule has 0 radical (unpaired) electrons. The Morgan fingerprint density at radius 1 is 1.15 bits per heavy atom. The highest BCUT2D eigenvalue weighted by molar-refractivity contribution is 5.78. The van der Waals surface area contributed by atoms with Crippen LogP contribution >= 0.6 is 0 Å². The highest BCUT2D eigenvalue weighted by Crippen LogP contribution is 2.23. The predicted molar refractivity (Wildman–Crippen MR) is 84.7 cm³/mol. The van der Waals surface area contributed by atoms with Crippen molar-refractivity contribution in [2.45, 2.75) is 64.8 Å². The fourth-order valence-corrected chi connectivity index (χ4v) is 3.28. The third-order valence-electron chi connectivity index (χ3n) is 4.90. The van der Waals surface area contributed by atoms with Crippen molar-refractivity contribution in [1.82, 2.24) is 9.80 Å². The average Bonchev–Trinajstić information content (AvgIpc) is 2.50. The standard InChI is InChI=1S/C16H33N3O/c1-4-10-19(16(5-2,6-3)14-17)13-15(20)18-11-8-7-9-12-18/h4-14,17H2,1-3H3. The van der Waals surface area contributed by atoms with Crippen LogP contribution in [0.5, 0.6) is 0 Å². The first kappa shape index (κ1) is 17.4. The second-order valence-corrected chi connectivity index (χ2v) is 6.00. The largest absolute Gasteiger partial charge is 0.342 e. The van der Waals surface area contributed by atoms with E-state index in [1.165, 1.54) is 6.42 Å². The maximum Gasteiger partial charge on any atom is 0.236 e. The molecule has 1 saturated heterocycles. The minimum Gasteiger partial charge on any atom is -0.342 e. The molecule has 1 heterocycles. The summed E-state index contributed by atoms with van der Waals surface area (Å²) in [4.78, 5) is 16.9. The first-order valence-electron chi connectivity index (χ1n) is 8.36. The minimum absolute atomic E-state index is 0.0124. The summed E-state index contributed by atoms with van der Waals surface area (Å²) in [6.45, 7) is 10.5. The third-order valence-corrected chi connectivity index (χ3v) is 4.90. The van der Waals surface area contributed by atoms with Crippen LogP contribution in [-0.2, 0) is 4.79 Å². The Morgan fingerprint density at radius 3 is 2.20 bits per heavy atom. The van der Waals surface area contributed by atoms with Crippen molar-refractivity contribution in [3.63, 3.8) is 0 Å². The minimum atomic E-state index is -0.0124. The van der Waals surface area contributed by atoms with Gasteiger partial charge in [-0.1, -0.05) is 20.8 Å². The van der Waals surface area contributed by atoms with Crippen molar-refractivity contribution in [2.75, 3.05) is 32.7 Å². The number of hydrogen-bond acceptors (Lipinski definition) is 3.